The fourth-order valence-corrected chi connectivity index (χ4v) is 3.33. The second kappa shape index (κ2) is 9.16. The van der Waals surface area contributed by atoms with E-state index in [2.05, 4.69) is 15.8 Å². The molecule has 0 spiro atoms. The molecule has 0 fully saturated rings. The third-order valence-corrected chi connectivity index (χ3v) is 4.77. The molecule has 0 aliphatic rings. The van der Waals surface area contributed by atoms with Crippen LogP contribution in [0.2, 0.25) is 0 Å². The summed E-state index contributed by atoms with van der Waals surface area (Å²) in [6.45, 7) is 0.0124. The van der Waals surface area contributed by atoms with Crippen molar-refractivity contribution in [3.8, 4) is 11.5 Å². The topological polar surface area (TPSA) is 98.8 Å². The lowest BCUT2D eigenvalue weighted by Gasteiger charge is -2.10. The van der Waals surface area contributed by atoms with Crippen LogP contribution in [0, 0.1) is 0 Å². The number of hydrogen-bond acceptors (Lipinski definition) is 7. The number of hydrogen-bond donors (Lipinski definition) is 2. The van der Waals surface area contributed by atoms with Gasteiger partial charge in [0.15, 0.2) is 11.5 Å². The maximum Gasteiger partial charge on any atom is 0.269 e. The monoisotopic (exact) mass is 401 g/mol. The van der Waals surface area contributed by atoms with Gasteiger partial charge in [0.1, 0.15) is 11.6 Å². The van der Waals surface area contributed by atoms with Crippen molar-refractivity contribution in [1.29, 1.82) is 0 Å². The number of nitrogens with one attached hydrogen (secondary N) is 2. The van der Waals surface area contributed by atoms with Gasteiger partial charge in [0, 0.05) is 5.56 Å². The highest BCUT2D eigenvalue weighted by atomic mass is 32.1. The SMILES string of the molecule is COc1ccc(C(=O)NNC(=O)COCc2nc3ccccc3s2)cc1OC. The number of para-hydroxylation sites is 1. The van der Waals surface area contributed by atoms with E-state index in [-0.39, 0.29) is 13.2 Å². The van der Waals surface area contributed by atoms with Gasteiger partial charge in [-0.05, 0) is 30.3 Å². The Kier molecular flexibility index (Phi) is 6.41. The smallest absolute Gasteiger partial charge is 0.269 e. The summed E-state index contributed by atoms with van der Waals surface area (Å²) in [5.41, 5.74) is 5.85. The van der Waals surface area contributed by atoms with Gasteiger partial charge in [-0.2, -0.15) is 0 Å². The van der Waals surface area contributed by atoms with Crippen LogP contribution in [0.5, 0.6) is 11.5 Å². The Morgan fingerprint density at radius 2 is 1.82 bits per heavy atom. The zero-order valence-corrected chi connectivity index (χ0v) is 16.2. The number of carbonyl (C=O) groups is 2. The van der Waals surface area contributed by atoms with Gasteiger partial charge in [0.05, 0.1) is 31.0 Å². The van der Waals surface area contributed by atoms with Crippen molar-refractivity contribution >= 4 is 33.4 Å². The van der Waals surface area contributed by atoms with Crippen LogP contribution < -0.4 is 20.3 Å². The number of amides is 2. The third-order valence-electron chi connectivity index (χ3n) is 3.76. The largest absolute Gasteiger partial charge is 0.493 e. The molecule has 1 heterocycles. The molecule has 0 bridgehead atoms. The molecular weight excluding hydrogens is 382 g/mol. The van der Waals surface area contributed by atoms with Crippen LogP contribution in [-0.2, 0) is 16.1 Å². The Hall–Kier alpha value is -3.17. The lowest BCUT2D eigenvalue weighted by atomic mass is 10.2. The van der Waals surface area contributed by atoms with Gasteiger partial charge in [-0.1, -0.05) is 12.1 Å². The maximum atomic E-state index is 12.1. The average Bonchev–Trinajstić information content (AvgIpc) is 3.14. The molecule has 2 N–H and O–H groups in total. The van der Waals surface area contributed by atoms with Gasteiger partial charge in [0.25, 0.3) is 11.8 Å². The molecule has 0 unspecified atom stereocenters. The molecule has 0 saturated carbocycles. The van der Waals surface area contributed by atoms with E-state index in [1.165, 1.54) is 31.6 Å². The third kappa shape index (κ3) is 4.76. The number of nitrogens with zero attached hydrogens (tertiary/aromatic N) is 1. The van der Waals surface area contributed by atoms with Crippen LogP contribution in [0.1, 0.15) is 15.4 Å². The second-order valence-corrected chi connectivity index (χ2v) is 6.76. The summed E-state index contributed by atoms with van der Waals surface area (Å²) in [7, 11) is 2.98. The first-order valence-electron chi connectivity index (χ1n) is 8.34. The van der Waals surface area contributed by atoms with E-state index >= 15 is 0 Å². The van der Waals surface area contributed by atoms with Crippen molar-refractivity contribution in [3.63, 3.8) is 0 Å². The van der Waals surface area contributed by atoms with Crippen molar-refractivity contribution in [2.24, 2.45) is 0 Å². The second-order valence-electron chi connectivity index (χ2n) is 5.64. The molecule has 0 aliphatic heterocycles. The Labute approximate surface area is 165 Å². The molecular formula is C19H19N3O5S. The number of fused-ring (bicyclic) bond motifs is 1. The molecule has 0 radical (unpaired) electrons. The molecule has 3 rings (SSSR count). The molecule has 1 aromatic heterocycles. The zero-order valence-electron chi connectivity index (χ0n) is 15.4. The number of thiazole rings is 1. The van der Waals surface area contributed by atoms with E-state index in [0.29, 0.717) is 17.1 Å². The normalized spacial score (nSPS) is 10.5. The van der Waals surface area contributed by atoms with E-state index in [9.17, 15) is 9.59 Å². The van der Waals surface area contributed by atoms with Crippen molar-refractivity contribution in [1.82, 2.24) is 15.8 Å². The Morgan fingerprint density at radius 3 is 2.57 bits per heavy atom. The highest BCUT2D eigenvalue weighted by molar-refractivity contribution is 7.18. The van der Waals surface area contributed by atoms with E-state index < -0.39 is 11.8 Å². The molecule has 0 aliphatic carbocycles. The summed E-state index contributed by atoms with van der Waals surface area (Å²) in [5.74, 6) is -0.0395. The molecule has 28 heavy (non-hydrogen) atoms. The van der Waals surface area contributed by atoms with E-state index in [1.807, 2.05) is 24.3 Å². The van der Waals surface area contributed by atoms with Crippen molar-refractivity contribution in [3.05, 3.63) is 53.0 Å². The van der Waals surface area contributed by atoms with Gasteiger partial charge < -0.3 is 14.2 Å². The summed E-state index contributed by atoms with van der Waals surface area (Å²) in [6.07, 6.45) is 0. The quantitative estimate of drug-likeness (QED) is 0.590. The van der Waals surface area contributed by atoms with Crippen LogP contribution in [0.25, 0.3) is 10.2 Å². The van der Waals surface area contributed by atoms with Crippen LogP contribution in [-0.4, -0.2) is 37.6 Å². The number of carbonyl (C=O) groups excluding carboxylic acids is 2. The van der Waals surface area contributed by atoms with Gasteiger partial charge in [0.2, 0.25) is 0 Å². The van der Waals surface area contributed by atoms with Crippen LogP contribution in [0.4, 0.5) is 0 Å². The van der Waals surface area contributed by atoms with Crippen LogP contribution >= 0.6 is 11.3 Å². The molecule has 2 amide bonds. The first-order chi connectivity index (χ1) is 13.6. The van der Waals surface area contributed by atoms with E-state index in [1.54, 1.807) is 12.1 Å². The van der Waals surface area contributed by atoms with Crippen LogP contribution in [0.3, 0.4) is 0 Å². The lowest BCUT2D eigenvalue weighted by molar-refractivity contribution is -0.126. The number of aromatic nitrogens is 1. The lowest BCUT2D eigenvalue weighted by Crippen LogP contribution is -2.43. The van der Waals surface area contributed by atoms with Crippen molar-refractivity contribution < 1.29 is 23.8 Å². The van der Waals surface area contributed by atoms with Gasteiger partial charge in [-0.25, -0.2) is 4.98 Å². The minimum Gasteiger partial charge on any atom is -0.493 e. The first kappa shape index (κ1) is 19.6. The molecule has 8 nitrogen and oxygen atoms in total. The Morgan fingerprint density at radius 1 is 1.04 bits per heavy atom. The number of benzene rings is 2. The van der Waals surface area contributed by atoms with Crippen LogP contribution in [0.15, 0.2) is 42.5 Å². The standard InChI is InChI=1S/C19H19N3O5S/c1-25-14-8-7-12(9-15(14)26-2)19(24)22-21-17(23)10-27-11-18-20-13-5-3-4-6-16(13)28-18/h3-9H,10-11H2,1-2H3,(H,21,23)(H,22,24). The molecule has 146 valence electrons. The summed E-state index contributed by atoms with van der Waals surface area (Å²) in [4.78, 5) is 28.4. The predicted molar refractivity (Wildman–Crippen MR) is 104 cm³/mol. The summed E-state index contributed by atoms with van der Waals surface area (Å²) in [5, 5.41) is 0.781. The minimum absolute atomic E-state index is 0.206. The molecule has 0 saturated heterocycles. The average molecular weight is 401 g/mol. The molecule has 9 heteroatoms. The molecule has 2 aromatic carbocycles. The maximum absolute atomic E-state index is 12.1. The fourth-order valence-electron chi connectivity index (χ4n) is 2.42. The van der Waals surface area contributed by atoms with E-state index in [4.69, 9.17) is 14.2 Å². The minimum atomic E-state index is -0.486. The Bertz CT molecular complexity index is 956. The van der Waals surface area contributed by atoms with Gasteiger partial charge >= 0.3 is 0 Å². The number of rotatable bonds is 7. The van der Waals surface area contributed by atoms with Crippen molar-refractivity contribution in [2.75, 3.05) is 20.8 Å². The number of ether oxygens (including phenoxy) is 3. The molecule has 3 aromatic rings. The van der Waals surface area contributed by atoms with Gasteiger partial charge in [-0.15, -0.1) is 11.3 Å². The van der Waals surface area contributed by atoms with Gasteiger partial charge in [-0.3, -0.25) is 20.4 Å². The summed E-state index contributed by atoms with van der Waals surface area (Å²) < 4.78 is 16.7. The number of hydrazine groups is 1. The first-order valence-corrected chi connectivity index (χ1v) is 9.15. The number of methoxy groups -OCH3 is 2. The Balaban J connectivity index is 1.45. The van der Waals surface area contributed by atoms with E-state index in [0.717, 1.165) is 15.2 Å². The highest BCUT2D eigenvalue weighted by Crippen LogP contribution is 2.27. The summed E-state index contributed by atoms with van der Waals surface area (Å²) in [6, 6.07) is 12.5. The fraction of sp³-hybridized carbons (Fsp3) is 0.211. The zero-order chi connectivity index (χ0) is 19.9. The summed E-state index contributed by atoms with van der Waals surface area (Å²) >= 11 is 1.51. The predicted octanol–water partition coefficient (Wildman–Crippen LogP) is 2.29. The highest BCUT2D eigenvalue weighted by Gasteiger charge is 2.12. The molecule has 0 atom stereocenters. The van der Waals surface area contributed by atoms with Crippen molar-refractivity contribution in [2.45, 2.75) is 6.61 Å².